The molecule has 0 bridgehead atoms. The molecule has 3 aromatic carbocycles. The largest absolute Gasteiger partial charge is 1.00 e. The van der Waals surface area contributed by atoms with Crippen LogP contribution in [-0.2, 0) is 28.7 Å². The predicted molar refractivity (Wildman–Crippen MR) is 190 cm³/mol. The number of thiol groups is 1. The van der Waals surface area contributed by atoms with Gasteiger partial charge in [0.15, 0.2) is 0 Å². The van der Waals surface area contributed by atoms with Gasteiger partial charge in [-0.2, -0.15) is 0 Å². The van der Waals surface area contributed by atoms with Crippen LogP contribution in [-0.4, -0.2) is 73.4 Å². The van der Waals surface area contributed by atoms with Gasteiger partial charge >= 0.3 is 11.9 Å². The maximum absolute atomic E-state index is 13.0. The van der Waals surface area contributed by atoms with Crippen molar-refractivity contribution in [1.29, 1.82) is 0 Å². The lowest BCUT2D eigenvalue weighted by atomic mass is 10.1. The monoisotopic (exact) mass is 745 g/mol. The first kappa shape index (κ1) is 39.8. The molecule has 12 heteroatoms. The van der Waals surface area contributed by atoms with E-state index in [2.05, 4.69) is 93.5 Å². The molecular weight excluding hydrogens is 701 g/mol. The van der Waals surface area contributed by atoms with Crippen LogP contribution < -0.4 is 49.3 Å². The molecule has 0 saturated heterocycles. The molecule has 0 aromatic heterocycles. The fourth-order valence-corrected chi connectivity index (χ4v) is 10.4. The molecule has 47 heavy (non-hydrogen) atoms. The van der Waals surface area contributed by atoms with Crippen LogP contribution in [0.4, 0.5) is 0 Å². The summed E-state index contributed by atoms with van der Waals surface area (Å²) in [5.74, 6) is -1.76. The Balaban J connectivity index is 0.00000768. The number of carbonyl (C=O) groups excluding carboxylic acids is 4. The third-order valence-corrected chi connectivity index (χ3v) is 13.0. The maximum Gasteiger partial charge on any atom is 0.325 e. The molecule has 0 aliphatic carbocycles. The first-order valence-electron chi connectivity index (χ1n) is 15.4. The van der Waals surface area contributed by atoms with Crippen LogP contribution in [0.25, 0.3) is 0 Å². The first-order valence-corrected chi connectivity index (χ1v) is 18.5. The third kappa shape index (κ3) is 12.3. The predicted octanol–water partition coefficient (Wildman–Crippen LogP) is -0.523. The highest BCUT2D eigenvalue weighted by atomic mass is 79.9. The van der Waals surface area contributed by atoms with Crippen molar-refractivity contribution in [2.75, 3.05) is 32.2 Å². The van der Waals surface area contributed by atoms with E-state index in [4.69, 9.17) is 10.5 Å². The van der Waals surface area contributed by atoms with E-state index in [1.807, 2.05) is 18.2 Å². The lowest BCUT2D eigenvalue weighted by Gasteiger charge is -2.27. The van der Waals surface area contributed by atoms with Gasteiger partial charge in [0.2, 0.25) is 11.8 Å². The van der Waals surface area contributed by atoms with Gasteiger partial charge < -0.3 is 42.8 Å². The van der Waals surface area contributed by atoms with Gasteiger partial charge in [0.05, 0.1) is 19.9 Å². The van der Waals surface area contributed by atoms with Crippen LogP contribution in [0.1, 0.15) is 32.6 Å². The SMILES string of the molecule is CCOC(=O)CNC(=O)[C@H](C[SH]=CCCC[P+](c1ccccc1)(c1ccccc1)c1ccccc1)NC(=O)CC[C@H](N)C(=O)OC.[Br-]. The summed E-state index contributed by atoms with van der Waals surface area (Å²) in [7, 11) is -0.706. The molecule has 0 saturated carbocycles. The minimum absolute atomic E-state index is 0. The van der Waals surface area contributed by atoms with E-state index in [9.17, 15) is 19.2 Å². The van der Waals surface area contributed by atoms with Crippen LogP contribution in [0.3, 0.4) is 0 Å². The Morgan fingerprint density at radius 3 is 1.91 bits per heavy atom. The highest BCUT2D eigenvalue weighted by molar-refractivity contribution is 7.97. The standard InChI is InChI=1S/C35H44N3O6PS.BrH/c1-3-44-33(40)25-37-34(41)31(38-32(39)22-21-30(36)35(42)43-2)26-46-24-14-13-23-45(27-15-7-4-8-16-27,28-17-9-5-10-18-28)29-19-11-6-12-20-29;/h4-12,15-20,24,30-31,46H,3,13-14,21-23,25-26,36H2,1-2H3,(H-,37,38,39,41);1H/t30-,31-;/m0./s1. The van der Waals surface area contributed by atoms with Crippen molar-refractivity contribution in [1.82, 2.24) is 10.6 Å². The number of nitrogens with one attached hydrogen (secondary N) is 2. The van der Waals surface area contributed by atoms with Crippen LogP contribution in [0.5, 0.6) is 0 Å². The number of rotatable bonds is 18. The van der Waals surface area contributed by atoms with Crippen molar-refractivity contribution < 1.29 is 45.6 Å². The van der Waals surface area contributed by atoms with Crippen LogP contribution in [0, 0.1) is 0 Å². The van der Waals surface area contributed by atoms with Gasteiger partial charge in [-0.15, -0.1) is 0 Å². The summed E-state index contributed by atoms with van der Waals surface area (Å²) < 4.78 is 9.51. The normalized spacial score (nSPS) is 12.5. The van der Waals surface area contributed by atoms with Gasteiger partial charge in [0, 0.05) is 12.2 Å². The smallest absolute Gasteiger partial charge is 0.325 e. The van der Waals surface area contributed by atoms with Crippen molar-refractivity contribution in [2.45, 2.75) is 44.7 Å². The van der Waals surface area contributed by atoms with Crippen molar-refractivity contribution in [2.24, 2.45) is 5.73 Å². The number of ether oxygens (including phenoxy) is 2. The van der Waals surface area contributed by atoms with E-state index in [1.54, 1.807) is 6.92 Å². The van der Waals surface area contributed by atoms with E-state index in [1.165, 1.54) is 23.0 Å². The Bertz CT molecular complexity index is 1340. The lowest BCUT2D eigenvalue weighted by molar-refractivity contribution is -0.143. The van der Waals surface area contributed by atoms with Crippen molar-refractivity contribution in [3.63, 3.8) is 0 Å². The Morgan fingerprint density at radius 2 is 1.43 bits per heavy atom. The van der Waals surface area contributed by atoms with Gasteiger partial charge in [-0.3, -0.25) is 19.2 Å². The van der Waals surface area contributed by atoms with Gasteiger partial charge in [-0.25, -0.2) is 11.4 Å². The lowest BCUT2D eigenvalue weighted by Crippen LogP contribution is -3.00. The van der Waals surface area contributed by atoms with Crippen molar-refractivity contribution in [3.05, 3.63) is 91.0 Å². The quantitative estimate of drug-likeness (QED) is 0.0453. The number of esters is 2. The summed E-state index contributed by atoms with van der Waals surface area (Å²) >= 11 is 0.866. The number of amides is 2. The van der Waals surface area contributed by atoms with Gasteiger partial charge in [-0.05, 0) is 62.6 Å². The molecule has 3 aromatic rings. The molecule has 4 N–H and O–H groups in total. The Kier molecular flexibility index (Phi) is 18.2. The fourth-order valence-electron chi connectivity index (χ4n) is 5.08. The zero-order valence-electron chi connectivity index (χ0n) is 26.8. The summed E-state index contributed by atoms with van der Waals surface area (Å²) in [5, 5.41) is 11.4. The summed E-state index contributed by atoms with van der Waals surface area (Å²) in [5.41, 5.74) is 5.76. The average molecular weight is 747 g/mol. The molecule has 0 unspecified atom stereocenters. The highest BCUT2D eigenvalue weighted by Gasteiger charge is 2.44. The molecule has 2 atom stereocenters. The topological polar surface area (TPSA) is 137 Å². The molecule has 0 aliphatic heterocycles. The van der Waals surface area contributed by atoms with Crippen molar-refractivity contribution >= 4 is 63.6 Å². The Hall–Kier alpha value is -3.37. The second-order valence-electron chi connectivity index (χ2n) is 10.5. The molecule has 9 nitrogen and oxygen atoms in total. The molecule has 0 radical (unpaired) electrons. The van der Waals surface area contributed by atoms with Gasteiger partial charge in [-0.1, -0.05) is 60.0 Å². The summed E-state index contributed by atoms with van der Waals surface area (Å²) in [6, 6.07) is 30.3. The third-order valence-electron chi connectivity index (χ3n) is 7.39. The average Bonchev–Trinajstić information content (AvgIpc) is 3.09. The Labute approximate surface area is 292 Å². The molecule has 254 valence electrons. The first-order chi connectivity index (χ1) is 22.3. The molecule has 0 fully saturated rings. The number of unbranched alkanes of at least 4 members (excludes halogenated alkanes) is 1. The van der Waals surface area contributed by atoms with Crippen LogP contribution in [0.2, 0.25) is 0 Å². The maximum atomic E-state index is 13.0. The van der Waals surface area contributed by atoms with E-state index in [-0.39, 0.29) is 43.0 Å². The number of benzene rings is 3. The fraction of sp³-hybridized carbons (Fsp3) is 0.343. The Morgan fingerprint density at radius 1 is 0.894 bits per heavy atom. The molecule has 3 rings (SSSR count). The number of methoxy groups -OCH3 is 1. The number of hydrogen-bond donors (Lipinski definition) is 4. The molecule has 0 aliphatic rings. The minimum Gasteiger partial charge on any atom is -1.00 e. The van der Waals surface area contributed by atoms with Crippen LogP contribution >= 0.6 is 18.6 Å². The molecule has 0 spiro atoms. The minimum atomic E-state index is -1.94. The summed E-state index contributed by atoms with van der Waals surface area (Å²) in [4.78, 5) is 49.0. The number of halogens is 1. The highest BCUT2D eigenvalue weighted by Crippen LogP contribution is 2.55. The molecule has 0 heterocycles. The van der Waals surface area contributed by atoms with Crippen molar-refractivity contribution in [3.8, 4) is 0 Å². The van der Waals surface area contributed by atoms with E-state index in [0.29, 0.717) is 5.75 Å². The second kappa shape index (κ2) is 21.5. The second-order valence-corrected chi connectivity index (χ2v) is 15.3. The van der Waals surface area contributed by atoms with E-state index >= 15 is 0 Å². The molecular formula is C35H45BrN3O6PS. The number of nitrogens with two attached hydrogens (primary N) is 1. The summed E-state index contributed by atoms with van der Waals surface area (Å²) in [6.45, 7) is 1.59. The van der Waals surface area contributed by atoms with E-state index in [0.717, 1.165) is 30.4 Å². The molecule has 2 amide bonds. The van der Waals surface area contributed by atoms with Gasteiger partial charge in [0.25, 0.3) is 0 Å². The number of carbonyl (C=O) groups is 4. The number of hydrogen-bond acceptors (Lipinski definition) is 7. The zero-order valence-corrected chi connectivity index (χ0v) is 30.2. The van der Waals surface area contributed by atoms with Gasteiger partial charge in [0.1, 0.15) is 41.8 Å². The van der Waals surface area contributed by atoms with Crippen LogP contribution in [0.15, 0.2) is 91.0 Å². The van der Waals surface area contributed by atoms with E-state index < -0.39 is 43.1 Å². The summed E-state index contributed by atoms with van der Waals surface area (Å²) in [6.07, 6.45) is 2.74. The zero-order chi connectivity index (χ0) is 33.2.